The van der Waals surface area contributed by atoms with E-state index in [-0.39, 0.29) is 5.41 Å². The van der Waals surface area contributed by atoms with Crippen molar-refractivity contribution in [1.29, 1.82) is 0 Å². The molecule has 2 N–H and O–H groups in total. The quantitative estimate of drug-likeness (QED) is 0.876. The van der Waals surface area contributed by atoms with E-state index in [2.05, 4.69) is 40.0 Å². The zero-order valence-corrected chi connectivity index (χ0v) is 11.9. The summed E-state index contributed by atoms with van der Waals surface area (Å²) < 4.78 is 0. The fraction of sp³-hybridized carbons (Fsp3) is 0.769. The number of thiazole rings is 1. The minimum absolute atomic E-state index is 0.158. The predicted molar refractivity (Wildman–Crippen MR) is 71.9 cm³/mol. The van der Waals surface area contributed by atoms with Crippen LogP contribution in [-0.4, -0.2) is 11.0 Å². The number of aromatic nitrogens is 1. The van der Waals surface area contributed by atoms with Crippen LogP contribution in [0.25, 0.3) is 0 Å². The molecule has 0 radical (unpaired) electrons. The Morgan fingerprint density at radius 3 is 2.50 bits per heavy atom. The summed E-state index contributed by atoms with van der Waals surface area (Å²) in [4.78, 5) is 4.70. The van der Waals surface area contributed by atoms with E-state index in [9.17, 15) is 0 Å². The van der Waals surface area contributed by atoms with E-state index in [1.807, 2.05) is 0 Å². The summed E-state index contributed by atoms with van der Waals surface area (Å²) in [6.07, 6.45) is 2.05. The van der Waals surface area contributed by atoms with Gasteiger partial charge in [0.05, 0.1) is 10.7 Å². The van der Waals surface area contributed by atoms with Crippen LogP contribution in [0.2, 0.25) is 0 Å². The number of rotatable bonds is 4. The second-order valence-electron chi connectivity index (χ2n) is 5.63. The molecule has 0 aliphatic carbocycles. The van der Waals surface area contributed by atoms with E-state index in [0.29, 0.717) is 12.0 Å². The van der Waals surface area contributed by atoms with Crippen LogP contribution in [0.4, 0.5) is 0 Å². The highest BCUT2D eigenvalue weighted by atomic mass is 32.1. The third-order valence-corrected chi connectivity index (χ3v) is 3.89. The van der Waals surface area contributed by atoms with Gasteiger partial charge in [-0.2, -0.15) is 0 Å². The minimum Gasteiger partial charge on any atom is -0.327 e. The lowest BCUT2D eigenvalue weighted by Crippen LogP contribution is -2.28. The van der Waals surface area contributed by atoms with Crippen molar-refractivity contribution in [2.45, 2.75) is 58.9 Å². The van der Waals surface area contributed by atoms with Crippen LogP contribution >= 0.6 is 11.3 Å². The molecule has 1 heterocycles. The fourth-order valence-corrected chi connectivity index (χ4v) is 2.74. The van der Waals surface area contributed by atoms with E-state index in [4.69, 9.17) is 10.7 Å². The lowest BCUT2D eigenvalue weighted by Gasteiger charge is -2.17. The highest BCUT2D eigenvalue weighted by molar-refractivity contribution is 7.09. The van der Waals surface area contributed by atoms with Gasteiger partial charge in [-0.1, -0.05) is 34.6 Å². The van der Waals surface area contributed by atoms with Gasteiger partial charge < -0.3 is 5.73 Å². The van der Waals surface area contributed by atoms with Gasteiger partial charge in [0.25, 0.3) is 0 Å². The first-order chi connectivity index (χ1) is 7.34. The highest BCUT2D eigenvalue weighted by Crippen LogP contribution is 2.25. The monoisotopic (exact) mass is 240 g/mol. The van der Waals surface area contributed by atoms with E-state index >= 15 is 0 Å². The normalized spacial score (nSPS) is 16.1. The Bertz CT molecular complexity index is 325. The van der Waals surface area contributed by atoms with Crippen LogP contribution in [-0.2, 0) is 11.8 Å². The molecule has 92 valence electrons. The molecule has 0 bridgehead atoms. The second kappa shape index (κ2) is 5.28. The summed E-state index contributed by atoms with van der Waals surface area (Å²) in [6, 6.07) is 0.294. The van der Waals surface area contributed by atoms with Crippen LogP contribution in [0, 0.1) is 5.92 Å². The van der Waals surface area contributed by atoms with Gasteiger partial charge in [-0.25, -0.2) is 4.98 Å². The number of hydrogen-bond donors (Lipinski definition) is 1. The minimum atomic E-state index is 0.158. The van der Waals surface area contributed by atoms with Gasteiger partial charge in [0.2, 0.25) is 0 Å². The first-order valence-electron chi connectivity index (χ1n) is 6.05. The molecule has 2 atom stereocenters. The van der Waals surface area contributed by atoms with Crippen molar-refractivity contribution in [3.8, 4) is 0 Å². The van der Waals surface area contributed by atoms with Crippen LogP contribution in [0.15, 0.2) is 5.38 Å². The van der Waals surface area contributed by atoms with Crippen molar-refractivity contribution >= 4 is 11.3 Å². The van der Waals surface area contributed by atoms with Crippen molar-refractivity contribution in [1.82, 2.24) is 4.98 Å². The lowest BCUT2D eigenvalue weighted by atomic mass is 9.93. The summed E-state index contributed by atoms with van der Waals surface area (Å²) in [5.41, 5.74) is 7.39. The largest absolute Gasteiger partial charge is 0.327 e. The molecule has 1 aromatic rings. The zero-order chi connectivity index (χ0) is 12.3. The summed E-state index contributed by atoms with van der Waals surface area (Å²) >= 11 is 1.77. The molecule has 0 aromatic carbocycles. The molecule has 0 amide bonds. The van der Waals surface area contributed by atoms with Gasteiger partial charge in [0.15, 0.2) is 0 Å². The summed E-state index contributed by atoms with van der Waals surface area (Å²) in [7, 11) is 0. The topological polar surface area (TPSA) is 38.9 Å². The Morgan fingerprint density at radius 1 is 1.44 bits per heavy atom. The molecule has 0 fully saturated rings. The predicted octanol–water partition coefficient (Wildman–Crippen LogP) is 3.36. The van der Waals surface area contributed by atoms with Gasteiger partial charge >= 0.3 is 0 Å². The number of nitrogens with zero attached hydrogens (tertiary/aromatic N) is 1. The van der Waals surface area contributed by atoms with E-state index in [1.165, 1.54) is 10.7 Å². The molecule has 16 heavy (non-hydrogen) atoms. The zero-order valence-electron chi connectivity index (χ0n) is 11.1. The third-order valence-electron chi connectivity index (χ3n) is 3.02. The van der Waals surface area contributed by atoms with Crippen LogP contribution < -0.4 is 5.73 Å². The maximum atomic E-state index is 6.03. The van der Waals surface area contributed by atoms with Gasteiger partial charge in [0, 0.05) is 23.3 Å². The van der Waals surface area contributed by atoms with Crippen molar-refractivity contribution in [3.05, 3.63) is 16.1 Å². The van der Waals surface area contributed by atoms with Gasteiger partial charge in [-0.3, -0.25) is 0 Å². The third kappa shape index (κ3) is 3.56. The van der Waals surface area contributed by atoms with Gasteiger partial charge in [0.1, 0.15) is 0 Å². The number of hydrogen-bond acceptors (Lipinski definition) is 3. The molecule has 3 heteroatoms. The van der Waals surface area contributed by atoms with Crippen molar-refractivity contribution in [2.75, 3.05) is 0 Å². The van der Waals surface area contributed by atoms with Crippen LogP contribution in [0.1, 0.15) is 51.7 Å². The lowest BCUT2D eigenvalue weighted by molar-refractivity contribution is 0.440. The molecular weight excluding hydrogens is 216 g/mol. The van der Waals surface area contributed by atoms with Crippen LogP contribution in [0.3, 0.4) is 0 Å². The van der Waals surface area contributed by atoms with Crippen molar-refractivity contribution < 1.29 is 0 Å². The molecule has 1 aromatic heterocycles. The molecule has 0 aliphatic rings. The maximum Gasteiger partial charge on any atom is 0.0931 e. The first-order valence-corrected chi connectivity index (χ1v) is 6.93. The molecule has 1 rings (SSSR count). The molecule has 0 spiro atoms. The summed E-state index contributed by atoms with van der Waals surface area (Å²) in [5.74, 6) is 0.518. The molecule has 2 unspecified atom stereocenters. The standard InChI is InChI=1S/C13H24N2S/c1-6-10(14)9(2)7-12-15-11(8-16-12)13(3,4)5/h8-10H,6-7,14H2,1-5H3. The smallest absolute Gasteiger partial charge is 0.0931 e. The average Bonchev–Trinajstić information content (AvgIpc) is 2.64. The Labute approximate surface area is 103 Å². The number of nitrogens with two attached hydrogens (primary N) is 1. The van der Waals surface area contributed by atoms with Crippen LogP contribution in [0.5, 0.6) is 0 Å². The van der Waals surface area contributed by atoms with Gasteiger partial charge in [-0.05, 0) is 12.3 Å². The van der Waals surface area contributed by atoms with Crippen molar-refractivity contribution in [2.24, 2.45) is 11.7 Å². The Morgan fingerprint density at radius 2 is 2.06 bits per heavy atom. The SMILES string of the molecule is CCC(N)C(C)Cc1nc(C(C)(C)C)cs1. The fourth-order valence-electron chi connectivity index (χ4n) is 1.58. The van der Waals surface area contributed by atoms with E-state index in [0.717, 1.165) is 12.8 Å². The molecule has 0 saturated carbocycles. The van der Waals surface area contributed by atoms with E-state index < -0.39 is 0 Å². The molecular formula is C13H24N2S. The van der Waals surface area contributed by atoms with E-state index in [1.54, 1.807) is 11.3 Å². The maximum absolute atomic E-state index is 6.03. The summed E-state index contributed by atoms with van der Waals surface area (Å²) in [6.45, 7) is 11.0. The molecule has 2 nitrogen and oxygen atoms in total. The summed E-state index contributed by atoms with van der Waals surface area (Å²) in [5, 5.41) is 3.40. The molecule has 0 saturated heterocycles. The first kappa shape index (κ1) is 13.7. The molecule has 0 aliphatic heterocycles. The average molecular weight is 240 g/mol. The van der Waals surface area contributed by atoms with Gasteiger partial charge in [-0.15, -0.1) is 11.3 Å². The Hall–Kier alpha value is -0.410. The van der Waals surface area contributed by atoms with Crippen molar-refractivity contribution in [3.63, 3.8) is 0 Å². The Kier molecular flexibility index (Phi) is 4.51. The second-order valence-corrected chi connectivity index (χ2v) is 6.57. The Balaban J connectivity index is 2.66. The highest BCUT2D eigenvalue weighted by Gasteiger charge is 2.19.